The summed E-state index contributed by atoms with van der Waals surface area (Å²) in [5.41, 5.74) is 1.09. The second-order valence-electron chi connectivity index (χ2n) is 3.46. The quantitative estimate of drug-likeness (QED) is 0.891. The number of rotatable bonds is 3. The topological polar surface area (TPSA) is 63.7 Å². The molecule has 2 rings (SSSR count). The van der Waals surface area contributed by atoms with Crippen molar-refractivity contribution in [3.63, 3.8) is 0 Å². The fraction of sp³-hybridized carbons (Fsp3) is 0.300. The van der Waals surface area contributed by atoms with Gasteiger partial charge in [-0.2, -0.15) is 5.21 Å². The highest BCUT2D eigenvalue weighted by Crippen LogP contribution is 2.28. The lowest BCUT2D eigenvalue weighted by Crippen LogP contribution is -2.05. The normalized spacial score (nSPS) is 12.4. The van der Waals surface area contributed by atoms with Gasteiger partial charge in [0.15, 0.2) is 6.10 Å². The molecular formula is C10H11ClN4O. The van der Waals surface area contributed by atoms with Crippen LogP contribution < -0.4 is 4.74 Å². The van der Waals surface area contributed by atoms with Crippen molar-refractivity contribution in [2.45, 2.75) is 20.0 Å². The molecule has 1 aromatic carbocycles. The fourth-order valence-corrected chi connectivity index (χ4v) is 1.57. The third-order valence-corrected chi connectivity index (χ3v) is 2.41. The molecule has 1 aromatic heterocycles. The number of nitrogens with zero attached hydrogens (tertiary/aromatic N) is 3. The zero-order valence-electron chi connectivity index (χ0n) is 8.94. The Morgan fingerprint density at radius 1 is 1.44 bits per heavy atom. The standard InChI is InChI=1S/C10H11ClN4O/c1-6-3-4-9(8(11)5-6)16-7(2)10-12-14-15-13-10/h3-5,7H,1-2H3,(H,12,13,14,15). The highest BCUT2D eigenvalue weighted by atomic mass is 35.5. The third-order valence-electron chi connectivity index (χ3n) is 2.12. The molecule has 1 atom stereocenters. The summed E-state index contributed by atoms with van der Waals surface area (Å²) in [5, 5.41) is 14.1. The molecule has 0 aliphatic heterocycles. The SMILES string of the molecule is Cc1ccc(OC(C)c2nn[nH]n2)c(Cl)c1. The lowest BCUT2D eigenvalue weighted by molar-refractivity contribution is 0.216. The van der Waals surface area contributed by atoms with Crippen LogP contribution in [0.5, 0.6) is 5.75 Å². The maximum atomic E-state index is 6.05. The first-order chi connectivity index (χ1) is 7.66. The molecule has 0 bridgehead atoms. The van der Waals surface area contributed by atoms with Gasteiger partial charge in [0.2, 0.25) is 5.82 Å². The van der Waals surface area contributed by atoms with Gasteiger partial charge in [-0.3, -0.25) is 0 Å². The zero-order chi connectivity index (χ0) is 11.5. The molecule has 1 unspecified atom stereocenters. The lowest BCUT2D eigenvalue weighted by atomic mass is 10.2. The first-order valence-electron chi connectivity index (χ1n) is 4.83. The molecular weight excluding hydrogens is 228 g/mol. The molecule has 0 radical (unpaired) electrons. The van der Waals surface area contributed by atoms with Crippen molar-refractivity contribution in [2.75, 3.05) is 0 Å². The summed E-state index contributed by atoms with van der Waals surface area (Å²) in [6, 6.07) is 5.61. The van der Waals surface area contributed by atoms with Crippen LogP contribution >= 0.6 is 11.6 Å². The van der Waals surface area contributed by atoms with E-state index in [-0.39, 0.29) is 6.10 Å². The summed E-state index contributed by atoms with van der Waals surface area (Å²) in [6.07, 6.45) is -0.293. The van der Waals surface area contributed by atoms with Gasteiger partial charge in [-0.25, -0.2) is 0 Å². The Bertz CT molecular complexity index is 472. The van der Waals surface area contributed by atoms with Crippen molar-refractivity contribution in [3.05, 3.63) is 34.6 Å². The molecule has 0 aliphatic rings. The number of aromatic nitrogens is 4. The average Bonchev–Trinajstić information content (AvgIpc) is 2.75. The van der Waals surface area contributed by atoms with Crippen LogP contribution in [0, 0.1) is 6.92 Å². The molecule has 5 nitrogen and oxygen atoms in total. The first kappa shape index (κ1) is 10.9. The third kappa shape index (κ3) is 2.30. The first-order valence-corrected chi connectivity index (χ1v) is 5.21. The number of H-pyrrole nitrogens is 1. The smallest absolute Gasteiger partial charge is 0.214 e. The Morgan fingerprint density at radius 3 is 2.88 bits per heavy atom. The predicted molar refractivity (Wildman–Crippen MR) is 59.4 cm³/mol. The molecule has 1 heterocycles. The number of halogens is 1. The molecule has 0 amide bonds. The van der Waals surface area contributed by atoms with Gasteiger partial charge < -0.3 is 4.74 Å². The van der Waals surface area contributed by atoms with E-state index >= 15 is 0 Å². The summed E-state index contributed by atoms with van der Waals surface area (Å²) >= 11 is 6.05. The Labute approximate surface area is 97.8 Å². The number of benzene rings is 1. The number of hydrogen-bond acceptors (Lipinski definition) is 4. The largest absolute Gasteiger partial charge is 0.481 e. The minimum absolute atomic E-state index is 0.293. The fourth-order valence-electron chi connectivity index (χ4n) is 1.29. The van der Waals surface area contributed by atoms with E-state index in [1.807, 2.05) is 32.0 Å². The Balaban J connectivity index is 2.15. The van der Waals surface area contributed by atoms with Crippen LogP contribution in [-0.4, -0.2) is 20.6 Å². The van der Waals surface area contributed by atoms with Crippen molar-refractivity contribution in [1.82, 2.24) is 20.6 Å². The number of aromatic amines is 1. The zero-order valence-corrected chi connectivity index (χ0v) is 9.69. The lowest BCUT2D eigenvalue weighted by Gasteiger charge is -2.12. The highest BCUT2D eigenvalue weighted by Gasteiger charge is 2.13. The van der Waals surface area contributed by atoms with Gasteiger partial charge in [0, 0.05) is 0 Å². The van der Waals surface area contributed by atoms with Crippen LogP contribution in [0.1, 0.15) is 24.4 Å². The summed E-state index contributed by atoms with van der Waals surface area (Å²) in [5.74, 6) is 1.11. The van der Waals surface area contributed by atoms with Crippen LogP contribution in [0.15, 0.2) is 18.2 Å². The minimum atomic E-state index is -0.293. The molecule has 0 saturated carbocycles. The van der Waals surface area contributed by atoms with Crippen LogP contribution in [0.4, 0.5) is 0 Å². The van der Waals surface area contributed by atoms with Crippen LogP contribution in [-0.2, 0) is 0 Å². The van der Waals surface area contributed by atoms with Gasteiger partial charge in [-0.05, 0) is 31.5 Å². The van der Waals surface area contributed by atoms with E-state index in [0.29, 0.717) is 16.6 Å². The van der Waals surface area contributed by atoms with E-state index in [0.717, 1.165) is 5.56 Å². The second-order valence-corrected chi connectivity index (χ2v) is 3.87. The maximum absolute atomic E-state index is 6.05. The number of aryl methyl sites for hydroxylation is 1. The molecule has 84 valence electrons. The van der Waals surface area contributed by atoms with Gasteiger partial charge in [-0.15, -0.1) is 10.2 Å². The molecule has 1 N–H and O–H groups in total. The van der Waals surface area contributed by atoms with Gasteiger partial charge >= 0.3 is 0 Å². The van der Waals surface area contributed by atoms with E-state index in [4.69, 9.17) is 16.3 Å². The number of tetrazole rings is 1. The highest BCUT2D eigenvalue weighted by molar-refractivity contribution is 6.32. The molecule has 2 aromatic rings. The number of ether oxygens (including phenoxy) is 1. The Hall–Kier alpha value is -1.62. The van der Waals surface area contributed by atoms with Gasteiger partial charge in [0.1, 0.15) is 5.75 Å². The molecule has 0 fully saturated rings. The summed E-state index contributed by atoms with van der Waals surface area (Å²) in [7, 11) is 0. The van der Waals surface area contributed by atoms with E-state index < -0.39 is 0 Å². The monoisotopic (exact) mass is 238 g/mol. The molecule has 0 spiro atoms. The number of nitrogens with one attached hydrogen (secondary N) is 1. The van der Waals surface area contributed by atoms with Crippen molar-refractivity contribution in [3.8, 4) is 5.75 Å². The predicted octanol–water partition coefficient (Wildman–Crippen LogP) is 2.30. The molecule has 0 saturated heterocycles. The summed E-state index contributed by atoms with van der Waals surface area (Å²) in [4.78, 5) is 0. The molecule has 0 aliphatic carbocycles. The minimum Gasteiger partial charge on any atom is -0.481 e. The van der Waals surface area contributed by atoms with E-state index in [2.05, 4.69) is 20.6 Å². The number of hydrogen-bond donors (Lipinski definition) is 1. The van der Waals surface area contributed by atoms with Crippen molar-refractivity contribution in [1.29, 1.82) is 0 Å². The van der Waals surface area contributed by atoms with Crippen molar-refractivity contribution in [2.24, 2.45) is 0 Å². The van der Waals surface area contributed by atoms with Crippen LogP contribution in [0.25, 0.3) is 0 Å². The molecule has 6 heteroatoms. The van der Waals surface area contributed by atoms with Crippen molar-refractivity contribution >= 4 is 11.6 Å². The van der Waals surface area contributed by atoms with Crippen LogP contribution in [0.2, 0.25) is 5.02 Å². The van der Waals surface area contributed by atoms with Gasteiger partial charge in [0.25, 0.3) is 0 Å². The van der Waals surface area contributed by atoms with Gasteiger partial charge in [0.05, 0.1) is 5.02 Å². The van der Waals surface area contributed by atoms with Gasteiger partial charge in [-0.1, -0.05) is 22.9 Å². The maximum Gasteiger partial charge on any atom is 0.214 e. The van der Waals surface area contributed by atoms with Crippen LogP contribution in [0.3, 0.4) is 0 Å². The summed E-state index contributed by atoms with van der Waals surface area (Å²) in [6.45, 7) is 3.80. The van der Waals surface area contributed by atoms with E-state index in [9.17, 15) is 0 Å². The Morgan fingerprint density at radius 2 is 2.25 bits per heavy atom. The average molecular weight is 239 g/mol. The Kier molecular flexibility index (Phi) is 3.05. The van der Waals surface area contributed by atoms with E-state index in [1.165, 1.54) is 0 Å². The van der Waals surface area contributed by atoms with E-state index in [1.54, 1.807) is 0 Å². The second kappa shape index (κ2) is 4.49. The van der Waals surface area contributed by atoms with Crippen molar-refractivity contribution < 1.29 is 4.74 Å². The summed E-state index contributed by atoms with van der Waals surface area (Å²) < 4.78 is 5.63. The molecule has 16 heavy (non-hydrogen) atoms.